The summed E-state index contributed by atoms with van der Waals surface area (Å²) in [6.45, 7) is 2.28. The normalized spacial score (nSPS) is 11.3. The van der Waals surface area contributed by atoms with Crippen LogP contribution in [0.3, 0.4) is 0 Å². The van der Waals surface area contributed by atoms with Crippen molar-refractivity contribution in [3.05, 3.63) is 81.8 Å². The number of carbonyl (C=O) groups excluding carboxylic acids is 1. The van der Waals surface area contributed by atoms with Gasteiger partial charge in [0.2, 0.25) is 0 Å². The van der Waals surface area contributed by atoms with Crippen LogP contribution in [0.5, 0.6) is 0 Å². The van der Waals surface area contributed by atoms with E-state index in [-0.39, 0.29) is 11.7 Å². The second kappa shape index (κ2) is 7.80. The number of amides is 1. The van der Waals surface area contributed by atoms with E-state index in [1.807, 2.05) is 12.3 Å². The second-order valence-corrected chi connectivity index (χ2v) is 8.77. The molecule has 0 radical (unpaired) electrons. The van der Waals surface area contributed by atoms with Crippen LogP contribution in [-0.2, 0) is 22.1 Å². The summed E-state index contributed by atoms with van der Waals surface area (Å²) >= 11 is 1.50. The Kier molecular flexibility index (Phi) is 5.49. The van der Waals surface area contributed by atoms with Crippen LogP contribution in [0.25, 0.3) is 0 Å². The van der Waals surface area contributed by atoms with E-state index in [2.05, 4.69) is 10.3 Å². The van der Waals surface area contributed by atoms with E-state index >= 15 is 0 Å². The smallest absolute Gasteiger partial charge is 0.251 e. The van der Waals surface area contributed by atoms with Crippen LogP contribution in [0.15, 0.2) is 64.9 Å². The van der Waals surface area contributed by atoms with Crippen LogP contribution in [0, 0.1) is 6.92 Å². The van der Waals surface area contributed by atoms with Gasteiger partial charge >= 0.3 is 0 Å². The maximum absolute atomic E-state index is 12.4. The number of nitrogens with zero attached hydrogens (tertiary/aromatic N) is 1. The fourth-order valence-corrected chi connectivity index (χ4v) is 4.51. The minimum absolute atomic E-state index is 0.0999. The summed E-state index contributed by atoms with van der Waals surface area (Å²) in [4.78, 5) is 16.8. The Bertz CT molecular complexity index is 995. The van der Waals surface area contributed by atoms with Crippen LogP contribution >= 0.6 is 11.3 Å². The number of carbonyl (C=O) groups is 1. The van der Waals surface area contributed by atoms with Gasteiger partial charge in [-0.25, -0.2) is 13.4 Å². The number of hydrogen-bond donors (Lipinski definition) is 1. The molecule has 0 aliphatic carbocycles. The molecule has 0 spiro atoms. The van der Waals surface area contributed by atoms with Crippen molar-refractivity contribution in [1.82, 2.24) is 10.3 Å². The highest BCUT2D eigenvalue weighted by atomic mass is 32.2. The van der Waals surface area contributed by atoms with E-state index in [0.717, 1.165) is 10.7 Å². The molecule has 0 saturated heterocycles. The van der Waals surface area contributed by atoms with Gasteiger partial charge in [-0.2, -0.15) is 0 Å². The third kappa shape index (κ3) is 4.56. The average Bonchev–Trinajstić information content (AvgIpc) is 3.06. The van der Waals surface area contributed by atoms with Gasteiger partial charge in [0.25, 0.3) is 5.91 Å². The standard InChI is InChI=1S/C19H18N2O3S2/c1-14-12-25-18(21-14)11-20-19(22)16-9-7-15(8-10-16)13-26(23,24)17-5-3-2-4-6-17/h2-10,12H,11,13H2,1H3,(H,20,22). The van der Waals surface area contributed by atoms with E-state index in [1.165, 1.54) is 11.3 Å². The fraction of sp³-hybridized carbons (Fsp3) is 0.158. The van der Waals surface area contributed by atoms with Gasteiger partial charge in [0.15, 0.2) is 9.84 Å². The monoisotopic (exact) mass is 386 g/mol. The topological polar surface area (TPSA) is 76.1 Å². The average molecular weight is 386 g/mol. The van der Waals surface area contributed by atoms with E-state index in [9.17, 15) is 13.2 Å². The van der Waals surface area contributed by atoms with Crippen LogP contribution in [-0.4, -0.2) is 19.3 Å². The Morgan fingerprint density at radius 2 is 1.77 bits per heavy atom. The zero-order valence-corrected chi connectivity index (χ0v) is 15.8. The van der Waals surface area contributed by atoms with E-state index in [0.29, 0.717) is 22.6 Å². The summed E-state index contributed by atoms with van der Waals surface area (Å²) in [7, 11) is -3.40. The van der Waals surface area contributed by atoms with Crippen LogP contribution in [0.2, 0.25) is 0 Å². The summed E-state index contributed by atoms with van der Waals surface area (Å²) in [6, 6.07) is 14.9. The third-order valence-electron chi connectivity index (χ3n) is 3.74. The van der Waals surface area contributed by atoms with Crippen molar-refractivity contribution in [3.63, 3.8) is 0 Å². The van der Waals surface area contributed by atoms with Gasteiger partial charge in [0, 0.05) is 16.6 Å². The Hall–Kier alpha value is -2.51. The Morgan fingerprint density at radius 1 is 1.08 bits per heavy atom. The molecule has 0 fully saturated rings. The van der Waals surface area contributed by atoms with E-state index in [4.69, 9.17) is 0 Å². The van der Waals surface area contributed by atoms with Crippen molar-refractivity contribution in [2.75, 3.05) is 0 Å². The Balaban J connectivity index is 1.63. The predicted octanol–water partition coefficient (Wildman–Crippen LogP) is 3.36. The molecular formula is C19H18N2O3S2. The lowest BCUT2D eigenvalue weighted by molar-refractivity contribution is 0.0951. The van der Waals surface area contributed by atoms with Crippen LogP contribution < -0.4 is 5.32 Å². The highest BCUT2D eigenvalue weighted by Crippen LogP contribution is 2.16. The number of rotatable bonds is 6. The number of aryl methyl sites for hydroxylation is 1. The molecule has 3 rings (SSSR count). The molecule has 5 nitrogen and oxygen atoms in total. The number of aromatic nitrogens is 1. The first kappa shape index (κ1) is 18.3. The second-order valence-electron chi connectivity index (χ2n) is 5.83. The lowest BCUT2D eigenvalue weighted by Crippen LogP contribution is -2.22. The molecule has 1 heterocycles. The van der Waals surface area contributed by atoms with Crippen LogP contribution in [0.4, 0.5) is 0 Å². The third-order valence-corrected chi connectivity index (χ3v) is 6.41. The van der Waals surface area contributed by atoms with Gasteiger partial charge in [0.05, 0.1) is 17.2 Å². The maximum atomic E-state index is 12.4. The molecule has 0 unspecified atom stereocenters. The summed E-state index contributed by atoms with van der Waals surface area (Å²) in [6.07, 6.45) is 0. The van der Waals surface area contributed by atoms with Crippen molar-refractivity contribution in [1.29, 1.82) is 0 Å². The number of benzene rings is 2. The van der Waals surface area contributed by atoms with Crippen molar-refractivity contribution in [3.8, 4) is 0 Å². The highest BCUT2D eigenvalue weighted by Gasteiger charge is 2.15. The zero-order valence-electron chi connectivity index (χ0n) is 14.2. The molecule has 1 amide bonds. The molecule has 2 aromatic carbocycles. The molecule has 0 saturated carbocycles. The van der Waals surface area contributed by atoms with Gasteiger partial charge in [-0.15, -0.1) is 11.3 Å². The summed E-state index contributed by atoms with van der Waals surface area (Å²) in [5.41, 5.74) is 2.06. The Morgan fingerprint density at radius 3 is 2.38 bits per heavy atom. The largest absolute Gasteiger partial charge is 0.346 e. The summed E-state index contributed by atoms with van der Waals surface area (Å²) in [5, 5.41) is 5.60. The van der Waals surface area contributed by atoms with E-state index in [1.54, 1.807) is 54.6 Å². The number of hydrogen-bond acceptors (Lipinski definition) is 5. The van der Waals surface area contributed by atoms with Crippen molar-refractivity contribution >= 4 is 27.1 Å². The lowest BCUT2D eigenvalue weighted by atomic mass is 10.1. The molecule has 26 heavy (non-hydrogen) atoms. The number of sulfone groups is 1. The molecule has 0 atom stereocenters. The van der Waals surface area contributed by atoms with Gasteiger partial charge < -0.3 is 5.32 Å². The molecule has 1 aromatic heterocycles. The summed E-state index contributed by atoms with van der Waals surface area (Å²) < 4.78 is 24.8. The molecule has 3 aromatic rings. The first-order chi connectivity index (χ1) is 12.4. The quantitative estimate of drug-likeness (QED) is 0.705. The predicted molar refractivity (Wildman–Crippen MR) is 102 cm³/mol. The minimum atomic E-state index is -3.40. The maximum Gasteiger partial charge on any atom is 0.251 e. The lowest BCUT2D eigenvalue weighted by Gasteiger charge is -2.07. The Labute approximate surface area is 156 Å². The first-order valence-corrected chi connectivity index (χ1v) is 10.5. The number of nitrogens with one attached hydrogen (secondary N) is 1. The fourth-order valence-electron chi connectivity index (χ4n) is 2.42. The van der Waals surface area contributed by atoms with Crippen LogP contribution in [0.1, 0.15) is 26.6 Å². The molecule has 0 aliphatic rings. The van der Waals surface area contributed by atoms with Gasteiger partial charge in [-0.3, -0.25) is 4.79 Å². The van der Waals surface area contributed by atoms with Gasteiger partial charge in [0.1, 0.15) is 5.01 Å². The molecule has 0 bridgehead atoms. The molecular weight excluding hydrogens is 368 g/mol. The molecule has 0 aliphatic heterocycles. The minimum Gasteiger partial charge on any atom is -0.346 e. The molecule has 134 valence electrons. The van der Waals surface area contributed by atoms with Gasteiger partial charge in [-0.1, -0.05) is 30.3 Å². The highest BCUT2D eigenvalue weighted by molar-refractivity contribution is 7.90. The van der Waals surface area contributed by atoms with Crippen molar-refractivity contribution < 1.29 is 13.2 Å². The van der Waals surface area contributed by atoms with Crippen molar-refractivity contribution in [2.24, 2.45) is 0 Å². The van der Waals surface area contributed by atoms with Gasteiger partial charge in [-0.05, 0) is 36.8 Å². The molecule has 7 heteroatoms. The van der Waals surface area contributed by atoms with E-state index < -0.39 is 9.84 Å². The zero-order chi connectivity index (χ0) is 18.6. The summed E-state index contributed by atoms with van der Waals surface area (Å²) in [5.74, 6) is -0.313. The van der Waals surface area contributed by atoms with Crippen molar-refractivity contribution in [2.45, 2.75) is 24.1 Å². The number of thiazole rings is 1. The molecule has 1 N–H and O–H groups in total. The SMILES string of the molecule is Cc1csc(CNC(=O)c2ccc(CS(=O)(=O)c3ccccc3)cc2)n1. The first-order valence-electron chi connectivity index (χ1n) is 8.00.